The van der Waals surface area contributed by atoms with Crippen molar-refractivity contribution in [1.82, 2.24) is 4.90 Å². The first-order valence-electron chi connectivity index (χ1n) is 8.19. The fraction of sp³-hybridized carbons (Fsp3) is 0.938. The summed E-state index contributed by atoms with van der Waals surface area (Å²) in [6.45, 7) is 4.51. The van der Waals surface area contributed by atoms with Crippen molar-refractivity contribution in [2.24, 2.45) is 11.8 Å². The number of carbonyl (C=O) groups is 1. The minimum atomic E-state index is -0.570. The molecule has 1 saturated heterocycles. The molecule has 0 radical (unpaired) electrons. The Morgan fingerprint density at radius 3 is 2.63 bits per heavy atom. The van der Waals surface area contributed by atoms with Crippen LogP contribution in [0, 0.1) is 11.8 Å². The molecular weight excluding hydrogens is 238 g/mol. The highest BCUT2D eigenvalue weighted by Crippen LogP contribution is 2.31. The molecule has 3 unspecified atom stereocenters. The molecular formula is C16H29NO2. The molecule has 2 fully saturated rings. The van der Waals surface area contributed by atoms with Gasteiger partial charge in [-0.2, -0.15) is 0 Å². The van der Waals surface area contributed by atoms with E-state index in [9.17, 15) is 9.90 Å². The fourth-order valence-corrected chi connectivity index (χ4v) is 4.05. The molecule has 0 bridgehead atoms. The quantitative estimate of drug-likeness (QED) is 0.847. The molecule has 110 valence electrons. The number of carboxylic acid groups (broad SMARTS) is 1. The molecule has 1 saturated carbocycles. The van der Waals surface area contributed by atoms with Crippen molar-refractivity contribution in [3.63, 3.8) is 0 Å². The van der Waals surface area contributed by atoms with Gasteiger partial charge in [0.25, 0.3) is 0 Å². The lowest BCUT2D eigenvalue weighted by Crippen LogP contribution is -2.45. The van der Waals surface area contributed by atoms with E-state index in [0.29, 0.717) is 6.04 Å². The number of rotatable bonds is 4. The van der Waals surface area contributed by atoms with Crippen LogP contribution in [0.4, 0.5) is 0 Å². The highest BCUT2D eigenvalue weighted by molar-refractivity contribution is 5.71. The third-order valence-electron chi connectivity index (χ3n) is 5.09. The number of likely N-dealkylation sites (tertiary alicyclic amines) is 1. The topological polar surface area (TPSA) is 40.5 Å². The Labute approximate surface area is 117 Å². The van der Waals surface area contributed by atoms with Crippen LogP contribution in [0.5, 0.6) is 0 Å². The summed E-state index contributed by atoms with van der Waals surface area (Å²) in [4.78, 5) is 13.9. The van der Waals surface area contributed by atoms with E-state index in [1.807, 2.05) is 0 Å². The van der Waals surface area contributed by atoms with Crippen LogP contribution in [0.2, 0.25) is 0 Å². The lowest BCUT2D eigenvalue weighted by Gasteiger charge is -2.37. The molecule has 2 rings (SSSR count). The van der Waals surface area contributed by atoms with Gasteiger partial charge >= 0.3 is 5.97 Å². The van der Waals surface area contributed by atoms with Crippen LogP contribution in [0.25, 0.3) is 0 Å². The zero-order valence-electron chi connectivity index (χ0n) is 12.3. The van der Waals surface area contributed by atoms with Crippen LogP contribution >= 0.6 is 0 Å². The molecule has 0 spiro atoms. The van der Waals surface area contributed by atoms with E-state index < -0.39 is 5.97 Å². The van der Waals surface area contributed by atoms with Gasteiger partial charge in [-0.25, -0.2) is 0 Å². The predicted molar refractivity (Wildman–Crippen MR) is 77.2 cm³/mol. The molecule has 1 heterocycles. The number of aliphatic carboxylic acids is 1. The Balaban J connectivity index is 1.94. The normalized spacial score (nSPS) is 33.8. The van der Waals surface area contributed by atoms with Crippen LogP contribution in [0.1, 0.15) is 64.7 Å². The van der Waals surface area contributed by atoms with Gasteiger partial charge in [0.2, 0.25) is 0 Å². The van der Waals surface area contributed by atoms with Crippen molar-refractivity contribution in [1.29, 1.82) is 0 Å². The van der Waals surface area contributed by atoms with Gasteiger partial charge in [-0.1, -0.05) is 32.6 Å². The van der Waals surface area contributed by atoms with Gasteiger partial charge < -0.3 is 5.11 Å². The first kappa shape index (κ1) is 14.8. The predicted octanol–water partition coefficient (Wildman–Crippen LogP) is 3.53. The minimum absolute atomic E-state index is 0.114. The molecule has 0 amide bonds. The molecule has 1 aliphatic carbocycles. The Morgan fingerprint density at radius 2 is 1.89 bits per heavy atom. The molecule has 0 aromatic heterocycles. The Hall–Kier alpha value is -0.570. The average molecular weight is 267 g/mol. The second-order valence-corrected chi connectivity index (χ2v) is 6.42. The van der Waals surface area contributed by atoms with Gasteiger partial charge in [-0.15, -0.1) is 0 Å². The number of nitrogens with zero attached hydrogens (tertiary/aromatic N) is 1. The summed E-state index contributed by atoms with van der Waals surface area (Å²) >= 11 is 0. The third kappa shape index (κ3) is 3.95. The summed E-state index contributed by atoms with van der Waals surface area (Å²) in [7, 11) is 0. The highest BCUT2D eigenvalue weighted by atomic mass is 16.4. The summed E-state index contributed by atoms with van der Waals surface area (Å²) < 4.78 is 0. The minimum Gasteiger partial charge on any atom is -0.481 e. The van der Waals surface area contributed by atoms with Gasteiger partial charge in [-0.3, -0.25) is 9.69 Å². The van der Waals surface area contributed by atoms with Gasteiger partial charge in [0.05, 0.1) is 5.92 Å². The first-order chi connectivity index (χ1) is 9.22. The Kier molecular flexibility index (Phi) is 5.68. The summed E-state index contributed by atoms with van der Waals surface area (Å²) in [6.07, 6.45) is 10.8. The number of carboxylic acids is 1. The molecule has 19 heavy (non-hydrogen) atoms. The Morgan fingerprint density at radius 1 is 1.11 bits per heavy atom. The van der Waals surface area contributed by atoms with Crippen LogP contribution < -0.4 is 0 Å². The van der Waals surface area contributed by atoms with E-state index in [1.165, 1.54) is 38.5 Å². The van der Waals surface area contributed by atoms with Gasteiger partial charge in [0.15, 0.2) is 0 Å². The van der Waals surface area contributed by atoms with Crippen molar-refractivity contribution in [3.8, 4) is 0 Å². The van der Waals surface area contributed by atoms with Crippen LogP contribution in [-0.2, 0) is 4.79 Å². The second-order valence-electron chi connectivity index (χ2n) is 6.42. The molecule has 0 aromatic carbocycles. The van der Waals surface area contributed by atoms with Gasteiger partial charge in [0, 0.05) is 6.04 Å². The maximum absolute atomic E-state index is 11.4. The first-order valence-corrected chi connectivity index (χ1v) is 8.19. The molecule has 1 aliphatic heterocycles. The van der Waals surface area contributed by atoms with Crippen molar-refractivity contribution in [3.05, 3.63) is 0 Å². The standard InChI is InChI=1S/C16H29NO2/c1-2-6-13-7-5-11-17(12-10-13)15-9-4-3-8-14(15)16(18)19/h13-15H,2-12H2,1H3,(H,18,19). The summed E-state index contributed by atoms with van der Waals surface area (Å²) in [5.74, 6) is 0.192. The van der Waals surface area contributed by atoms with Crippen LogP contribution in [-0.4, -0.2) is 35.1 Å². The smallest absolute Gasteiger partial charge is 0.308 e. The summed E-state index contributed by atoms with van der Waals surface area (Å²) in [5.41, 5.74) is 0. The van der Waals surface area contributed by atoms with Gasteiger partial charge in [-0.05, 0) is 51.1 Å². The van der Waals surface area contributed by atoms with E-state index >= 15 is 0 Å². The zero-order chi connectivity index (χ0) is 13.7. The van der Waals surface area contributed by atoms with Crippen molar-refractivity contribution in [2.75, 3.05) is 13.1 Å². The van der Waals surface area contributed by atoms with Crippen LogP contribution in [0.3, 0.4) is 0 Å². The zero-order valence-corrected chi connectivity index (χ0v) is 12.3. The van der Waals surface area contributed by atoms with Crippen LogP contribution in [0.15, 0.2) is 0 Å². The molecule has 3 atom stereocenters. The van der Waals surface area contributed by atoms with E-state index in [1.54, 1.807) is 0 Å². The number of hydrogen-bond donors (Lipinski definition) is 1. The SMILES string of the molecule is CCCC1CCCN(C2CCCCC2C(=O)O)CC1. The number of hydrogen-bond acceptors (Lipinski definition) is 2. The van der Waals surface area contributed by atoms with E-state index in [-0.39, 0.29) is 5.92 Å². The van der Waals surface area contributed by atoms with Crippen molar-refractivity contribution >= 4 is 5.97 Å². The van der Waals surface area contributed by atoms with E-state index in [0.717, 1.165) is 38.3 Å². The maximum atomic E-state index is 11.4. The van der Waals surface area contributed by atoms with E-state index in [4.69, 9.17) is 0 Å². The third-order valence-corrected chi connectivity index (χ3v) is 5.09. The molecule has 3 heteroatoms. The molecule has 1 N–H and O–H groups in total. The van der Waals surface area contributed by atoms with Crippen molar-refractivity contribution < 1.29 is 9.90 Å². The summed E-state index contributed by atoms with van der Waals surface area (Å²) in [5, 5.41) is 9.42. The lowest BCUT2D eigenvalue weighted by molar-refractivity contribution is -0.145. The largest absolute Gasteiger partial charge is 0.481 e. The maximum Gasteiger partial charge on any atom is 0.308 e. The Bertz CT molecular complexity index is 292. The molecule has 3 nitrogen and oxygen atoms in total. The fourth-order valence-electron chi connectivity index (χ4n) is 4.05. The van der Waals surface area contributed by atoms with E-state index in [2.05, 4.69) is 11.8 Å². The monoisotopic (exact) mass is 267 g/mol. The average Bonchev–Trinajstić information content (AvgIpc) is 2.65. The second kappa shape index (κ2) is 7.28. The summed E-state index contributed by atoms with van der Waals surface area (Å²) in [6, 6.07) is 0.312. The van der Waals surface area contributed by atoms with Gasteiger partial charge in [0.1, 0.15) is 0 Å². The van der Waals surface area contributed by atoms with Crippen molar-refractivity contribution in [2.45, 2.75) is 70.8 Å². The molecule has 2 aliphatic rings. The molecule has 0 aromatic rings. The lowest BCUT2D eigenvalue weighted by atomic mass is 9.83. The highest BCUT2D eigenvalue weighted by Gasteiger charge is 2.35.